The number of benzene rings is 2. The molecule has 1 amide bonds. The highest BCUT2D eigenvalue weighted by atomic mass is 16.5. The van der Waals surface area contributed by atoms with Crippen LogP contribution < -0.4 is 10.9 Å². The Kier molecular flexibility index (Phi) is 5.96. The highest BCUT2D eigenvalue weighted by Gasteiger charge is 2.18. The Bertz CT molecular complexity index is 1210. The molecule has 0 aliphatic heterocycles. The van der Waals surface area contributed by atoms with Crippen molar-refractivity contribution in [2.45, 2.75) is 13.3 Å². The van der Waals surface area contributed by atoms with Crippen LogP contribution in [-0.4, -0.2) is 32.1 Å². The molecule has 0 atom stereocenters. The van der Waals surface area contributed by atoms with Gasteiger partial charge in [-0.3, -0.25) is 4.79 Å². The minimum absolute atomic E-state index is 0.0755. The van der Waals surface area contributed by atoms with Crippen molar-refractivity contribution in [3.8, 4) is 0 Å². The lowest BCUT2D eigenvalue weighted by Gasteiger charge is -2.12. The lowest BCUT2D eigenvalue weighted by molar-refractivity contribution is -0.115. The number of hydrogen-bond donors (Lipinski definition) is 1. The zero-order valence-corrected chi connectivity index (χ0v) is 16.6. The van der Waals surface area contributed by atoms with Gasteiger partial charge in [-0.1, -0.05) is 12.1 Å². The molecule has 154 valence electrons. The summed E-state index contributed by atoms with van der Waals surface area (Å²) in [6.07, 6.45) is -0.145. The lowest BCUT2D eigenvalue weighted by Crippen LogP contribution is -2.19. The van der Waals surface area contributed by atoms with Crippen LogP contribution in [0.25, 0.3) is 11.0 Å². The van der Waals surface area contributed by atoms with Gasteiger partial charge in [-0.05, 0) is 42.3 Å². The van der Waals surface area contributed by atoms with Crippen LogP contribution in [-0.2, 0) is 20.7 Å². The molecule has 1 N–H and O–H groups in total. The summed E-state index contributed by atoms with van der Waals surface area (Å²) >= 11 is 0. The number of hydrogen-bond acceptors (Lipinski definition) is 7. The van der Waals surface area contributed by atoms with Gasteiger partial charge in [0.2, 0.25) is 5.91 Å². The minimum Gasteiger partial charge on any atom is -0.465 e. The minimum atomic E-state index is -0.678. The Labute approximate surface area is 171 Å². The van der Waals surface area contributed by atoms with Crippen molar-refractivity contribution >= 4 is 34.5 Å². The van der Waals surface area contributed by atoms with Crippen LogP contribution in [0.5, 0.6) is 0 Å². The molecule has 1 aromatic heterocycles. The Balaban J connectivity index is 1.94. The summed E-state index contributed by atoms with van der Waals surface area (Å²) < 4.78 is 14.6. The van der Waals surface area contributed by atoms with Crippen LogP contribution in [0, 0.1) is 6.92 Å². The average molecular weight is 409 g/mol. The zero-order chi connectivity index (χ0) is 21.8. The van der Waals surface area contributed by atoms with Gasteiger partial charge in [-0.25, -0.2) is 14.4 Å². The third kappa shape index (κ3) is 4.38. The monoisotopic (exact) mass is 409 g/mol. The van der Waals surface area contributed by atoms with Gasteiger partial charge in [0.1, 0.15) is 5.58 Å². The first-order chi connectivity index (χ1) is 14.3. The number of esters is 2. The van der Waals surface area contributed by atoms with Gasteiger partial charge in [0, 0.05) is 11.5 Å². The molecule has 0 saturated heterocycles. The molecule has 0 aliphatic rings. The van der Waals surface area contributed by atoms with Crippen molar-refractivity contribution < 1.29 is 28.3 Å². The summed E-state index contributed by atoms with van der Waals surface area (Å²) in [5.41, 5.74) is 1.52. The van der Waals surface area contributed by atoms with Crippen molar-refractivity contribution in [1.82, 2.24) is 0 Å². The van der Waals surface area contributed by atoms with E-state index in [-0.39, 0.29) is 23.2 Å². The summed E-state index contributed by atoms with van der Waals surface area (Å²) in [6.45, 7) is 1.86. The molecule has 0 aliphatic carbocycles. The number of carbonyl (C=O) groups is 3. The topological polar surface area (TPSA) is 112 Å². The molecule has 30 heavy (non-hydrogen) atoms. The van der Waals surface area contributed by atoms with E-state index in [0.717, 1.165) is 5.56 Å². The normalized spacial score (nSPS) is 10.5. The van der Waals surface area contributed by atoms with Crippen molar-refractivity contribution in [3.63, 3.8) is 0 Å². The van der Waals surface area contributed by atoms with E-state index < -0.39 is 23.5 Å². The predicted molar refractivity (Wildman–Crippen MR) is 109 cm³/mol. The molecule has 3 aromatic rings. The van der Waals surface area contributed by atoms with Gasteiger partial charge in [-0.2, -0.15) is 0 Å². The maximum Gasteiger partial charge on any atom is 0.339 e. The third-order valence-corrected chi connectivity index (χ3v) is 4.46. The van der Waals surface area contributed by atoms with Crippen molar-refractivity contribution in [3.05, 3.63) is 75.1 Å². The van der Waals surface area contributed by atoms with E-state index in [1.807, 2.05) is 13.0 Å². The van der Waals surface area contributed by atoms with Crippen LogP contribution in [0.4, 0.5) is 5.69 Å². The number of carbonyl (C=O) groups excluding carboxylic acids is 3. The third-order valence-electron chi connectivity index (χ3n) is 4.46. The van der Waals surface area contributed by atoms with Gasteiger partial charge >= 0.3 is 17.6 Å². The second-order valence-corrected chi connectivity index (χ2v) is 6.56. The van der Waals surface area contributed by atoms with E-state index in [2.05, 4.69) is 10.1 Å². The van der Waals surface area contributed by atoms with Gasteiger partial charge < -0.3 is 19.2 Å². The maximum absolute atomic E-state index is 12.7. The molecular weight excluding hydrogens is 390 g/mol. The largest absolute Gasteiger partial charge is 0.465 e. The van der Waals surface area contributed by atoms with Crippen molar-refractivity contribution in [2.75, 3.05) is 19.5 Å². The number of methoxy groups -OCH3 is 2. The molecule has 0 saturated carbocycles. The molecule has 2 aromatic carbocycles. The Morgan fingerprint density at radius 2 is 1.70 bits per heavy atom. The van der Waals surface area contributed by atoms with Gasteiger partial charge in [0.15, 0.2) is 0 Å². The molecule has 0 radical (unpaired) electrons. The summed E-state index contributed by atoms with van der Waals surface area (Å²) in [6, 6.07) is 10.7. The Hall–Kier alpha value is -3.94. The number of anilines is 1. The molecule has 3 rings (SSSR count). The second-order valence-electron chi connectivity index (χ2n) is 6.56. The fourth-order valence-corrected chi connectivity index (χ4v) is 3.03. The Morgan fingerprint density at radius 1 is 0.967 bits per heavy atom. The first-order valence-electron chi connectivity index (χ1n) is 8.96. The van der Waals surface area contributed by atoms with E-state index >= 15 is 0 Å². The molecule has 8 nitrogen and oxygen atoms in total. The van der Waals surface area contributed by atoms with E-state index in [1.54, 1.807) is 12.1 Å². The summed E-state index contributed by atoms with van der Waals surface area (Å²) in [5.74, 6) is -1.79. The molecule has 0 unspecified atom stereocenters. The fourth-order valence-electron chi connectivity index (χ4n) is 3.03. The summed E-state index contributed by atoms with van der Waals surface area (Å²) in [4.78, 5) is 48.4. The number of aryl methyl sites for hydroxylation is 1. The number of rotatable bonds is 5. The molecule has 0 bridgehead atoms. The fraction of sp³-hybridized carbons (Fsp3) is 0.182. The highest BCUT2D eigenvalue weighted by molar-refractivity contribution is 6.04. The summed E-state index contributed by atoms with van der Waals surface area (Å²) in [5, 5.41) is 3.24. The number of ether oxygens (including phenoxy) is 2. The molecular formula is C22H19NO7. The second kappa shape index (κ2) is 8.60. The number of amides is 1. The average Bonchev–Trinajstić information content (AvgIpc) is 2.71. The Morgan fingerprint density at radius 3 is 2.40 bits per heavy atom. The molecule has 0 spiro atoms. The maximum atomic E-state index is 12.7. The van der Waals surface area contributed by atoms with Crippen molar-refractivity contribution in [2.24, 2.45) is 0 Å². The first-order valence-corrected chi connectivity index (χ1v) is 8.96. The number of fused-ring (bicyclic) bond motifs is 1. The highest BCUT2D eigenvalue weighted by Crippen LogP contribution is 2.22. The van der Waals surface area contributed by atoms with E-state index in [9.17, 15) is 19.2 Å². The molecule has 1 heterocycles. The van der Waals surface area contributed by atoms with Gasteiger partial charge in [0.05, 0.1) is 37.5 Å². The molecule has 8 heteroatoms. The molecule has 0 fully saturated rings. The predicted octanol–water partition coefficient (Wildman–Crippen LogP) is 2.86. The zero-order valence-electron chi connectivity index (χ0n) is 16.6. The first kappa shape index (κ1) is 20.8. The smallest absolute Gasteiger partial charge is 0.339 e. The van der Waals surface area contributed by atoms with Crippen LogP contribution in [0.2, 0.25) is 0 Å². The standard InChI is InChI=1S/C22H19NO7/c1-12-4-6-15-14(11-20(25)30-18(15)8-12)10-19(24)23-17-9-13(21(26)28-2)5-7-16(17)22(27)29-3/h4-9,11H,10H2,1-3H3,(H,23,24). The van der Waals surface area contributed by atoms with Gasteiger partial charge in [-0.15, -0.1) is 0 Å². The number of nitrogens with one attached hydrogen (secondary N) is 1. The van der Waals surface area contributed by atoms with Crippen molar-refractivity contribution in [1.29, 1.82) is 0 Å². The SMILES string of the molecule is COC(=O)c1ccc(C(=O)OC)c(NC(=O)Cc2cc(=O)oc3cc(C)ccc23)c1. The van der Waals surface area contributed by atoms with E-state index in [0.29, 0.717) is 16.5 Å². The lowest BCUT2D eigenvalue weighted by atomic mass is 10.0. The van der Waals surface area contributed by atoms with Crippen LogP contribution in [0.1, 0.15) is 31.8 Å². The van der Waals surface area contributed by atoms with Crippen LogP contribution in [0.3, 0.4) is 0 Å². The van der Waals surface area contributed by atoms with E-state index in [1.165, 1.54) is 38.5 Å². The van der Waals surface area contributed by atoms with Crippen LogP contribution >= 0.6 is 0 Å². The van der Waals surface area contributed by atoms with Gasteiger partial charge in [0.25, 0.3) is 0 Å². The van der Waals surface area contributed by atoms with Crippen LogP contribution in [0.15, 0.2) is 51.7 Å². The summed E-state index contributed by atoms with van der Waals surface area (Å²) in [7, 11) is 2.43. The quantitative estimate of drug-likeness (QED) is 0.509. The van der Waals surface area contributed by atoms with E-state index in [4.69, 9.17) is 9.15 Å².